The van der Waals surface area contributed by atoms with Gasteiger partial charge in [-0.25, -0.2) is 0 Å². The molecule has 2 nitrogen and oxygen atoms in total. The number of nitrogens with one attached hydrogen (secondary N) is 2. The second kappa shape index (κ2) is 8.93. The van der Waals surface area contributed by atoms with E-state index in [0.717, 1.165) is 12.8 Å². The van der Waals surface area contributed by atoms with Crippen molar-refractivity contribution >= 4 is 11.8 Å². The van der Waals surface area contributed by atoms with Crippen LogP contribution in [0.4, 0.5) is 0 Å². The van der Waals surface area contributed by atoms with Crippen LogP contribution in [0.3, 0.4) is 0 Å². The van der Waals surface area contributed by atoms with Crippen LogP contribution in [0.15, 0.2) is 18.2 Å². The Morgan fingerprint density at radius 1 is 0.621 bits per heavy atom. The van der Waals surface area contributed by atoms with E-state index >= 15 is 0 Å². The normalized spacial score (nSPS) is 16.0. The van der Waals surface area contributed by atoms with Gasteiger partial charge in [-0.15, -0.1) is 0 Å². The van der Waals surface area contributed by atoms with Gasteiger partial charge in [0.2, 0.25) is 0 Å². The fraction of sp³-hybridized carbons (Fsp3) is 0.769. The number of thioether (sulfide) groups is 1. The highest BCUT2D eigenvalue weighted by molar-refractivity contribution is 7.99. The highest BCUT2D eigenvalue weighted by Crippen LogP contribution is 2.43. The monoisotopic (exact) mass is 420 g/mol. The lowest BCUT2D eigenvalue weighted by atomic mass is 9.77. The molecule has 0 bridgehead atoms. The first-order chi connectivity index (χ1) is 12.8. The number of hydrazine groups is 1. The highest BCUT2D eigenvalue weighted by Gasteiger charge is 2.32. The molecule has 0 amide bonds. The molecule has 2 N–H and O–H groups in total. The maximum atomic E-state index is 3.56. The summed E-state index contributed by atoms with van der Waals surface area (Å²) in [6.07, 6.45) is 4.48. The summed E-state index contributed by atoms with van der Waals surface area (Å²) in [6.45, 7) is 27.5. The van der Waals surface area contributed by atoms with E-state index in [1.807, 2.05) is 11.8 Å². The van der Waals surface area contributed by atoms with Crippen LogP contribution < -0.4 is 10.9 Å². The molecule has 0 spiro atoms. The molecule has 0 heterocycles. The minimum atomic E-state index is 0.0266. The third-order valence-electron chi connectivity index (χ3n) is 5.73. The fourth-order valence-electron chi connectivity index (χ4n) is 3.13. The Balaban J connectivity index is 3.23. The molecular formula is C26H48N2S. The average molecular weight is 421 g/mol. The summed E-state index contributed by atoms with van der Waals surface area (Å²) in [5.74, 6) is 0. The first-order valence-electron chi connectivity index (χ1n) is 11.1. The minimum absolute atomic E-state index is 0.0266. The van der Waals surface area contributed by atoms with Crippen molar-refractivity contribution in [2.24, 2.45) is 0 Å². The summed E-state index contributed by atoms with van der Waals surface area (Å²) in [5, 5.41) is 0. The molecule has 1 aromatic carbocycles. The number of rotatable bonds is 7. The lowest BCUT2D eigenvalue weighted by molar-refractivity contribution is 0.239. The topological polar surface area (TPSA) is 24.1 Å². The Morgan fingerprint density at radius 3 is 1.38 bits per heavy atom. The summed E-state index contributed by atoms with van der Waals surface area (Å²) in [5.41, 5.74) is 11.7. The number of benzene rings is 1. The minimum Gasteiger partial charge on any atom is -0.252 e. The summed E-state index contributed by atoms with van der Waals surface area (Å²) >= 11 is 1.98. The lowest BCUT2D eigenvalue weighted by Gasteiger charge is -2.37. The second-order valence-electron chi connectivity index (χ2n) is 12.6. The van der Waals surface area contributed by atoms with E-state index in [1.54, 1.807) is 0 Å². The number of hydrogen-bond donors (Lipinski definition) is 2. The van der Waals surface area contributed by atoms with E-state index in [1.165, 1.54) is 16.7 Å². The first kappa shape index (κ1) is 26.5. The summed E-state index contributed by atoms with van der Waals surface area (Å²) < 4.78 is 0.0853. The third kappa shape index (κ3) is 8.26. The van der Waals surface area contributed by atoms with Gasteiger partial charge in [0.1, 0.15) is 0 Å². The Bertz CT molecular complexity index is 639. The summed E-state index contributed by atoms with van der Waals surface area (Å²) in [4.78, 5) is 0. The van der Waals surface area contributed by atoms with E-state index in [-0.39, 0.29) is 26.7 Å². The molecule has 0 saturated carbocycles. The number of hydrogen-bond acceptors (Lipinski definition) is 3. The van der Waals surface area contributed by atoms with Crippen LogP contribution in [0.1, 0.15) is 113 Å². The van der Waals surface area contributed by atoms with Gasteiger partial charge >= 0.3 is 0 Å². The van der Waals surface area contributed by atoms with Gasteiger partial charge in [-0.1, -0.05) is 59.7 Å². The molecule has 0 radical (unpaired) electrons. The Labute approximate surface area is 186 Å². The molecule has 1 unspecified atom stereocenters. The molecule has 29 heavy (non-hydrogen) atoms. The zero-order valence-corrected chi connectivity index (χ0v) is 22.4. The van der Waals surface area contributed by atoms with Crippen molar-refractivity contribution in [3.05, 3.63) is 34.9 Å². The predicted octanol–water partition coefficient (Wildman–Crippen LogP) is 7.31. The summed E-state index contributed by atoms with van der Waals surface area (Å²) in [6, 6.07) is 7.34. The van der Waals surface area contributed by atoms with Crippen molar-refractivity contribution in [1.82, 2.24) is 10.9 Å². The van der Waals surface area contributed by atoms with Crippen molar-refractivity contribution in [3.8, 4) is 0 Å². The van der Waals surface area contributed by atoms with E-state index in [4.69, 9.17) is 0 Å². The molecular weight excluding hydrogens is 372 g/mol. The zero-order chi connectivity index (χ0) is 22.9. The maximum absolute atomic E-state index is 3.56. The van der Waals surface area contributed by atoms with Crippen LogP contribution in [0.2, 0.25) is 0 Å². The molecule has 3 heteroatoms. The lowest BCUT2D eigenvalue weighted by Crippen LogP contribution is -2.55. The first-order valence-corrected chi connectivity index (χ1v) is 12.3. The van der Waals surface area contributed by atoms with Crippen LogP contribution in [0, 0.1) is 0 Å². The van der Waals surface area contributed by atoms with Crippen molar-refractivity contribution < 1.29 is 0 Å². The van der Waals surface area contributed by atoms with Crippen molar-refractivity contribution in [2.45, 2.75) is 123 Å². The highest BCUT2D eigenvalue weighted by atomic mass is 32.2. The van der Waals surface area contributed by atoms with Gasteiger partial charge in [-0.2, -0.15) is 11.8 Å². The zero-order valence-electron chi connectivity index (χ0n) is 21.6. The van der Waals surface area contributed by atoms with Crippen LogP contribution in [-0.2, 0) is 15.6 Å². The van der Waals surface area contributed by atoms with Gasteiger partial charge in [0.15, 0.2) is 0 Å². The molecule has 1 atom stereocenters. The largest absolute Gasteiger partial charge is 0.252 e. The van der Waals surface area contributed by atoms with Crippen LogP contribution in [-0.4, -0.2) is 17.3 Å². The molecule has 168 valence electrons. The van der Waals surface area contributed by atoms with Gasteiger partial charge < -0.3 is 0 Å². The molecule has 0 fully saturated rings. The van der Waals surface area contributed by atoms with Crippen LogP contribution in [0.25, 0.3) is 0 Å². The fourth-order valence-corrected chi connectivity index (χ4v) is 3.79. The molecule has 1 rings (SSSR count). The van der Waals surface area contributed by atoms with Crippen LogP contribution >= 0.6 is 11.8 Å². The molecule has 0 aliphatic rings. The standard InChI is InChI=1S/C26H48N2S/c1-22(2,3)19-16-20(23(4,5)6)18-21(17-19)26(12,29-13)15-14-25(10,11)28-27-24(7,8)9/h16-18,27-28H,14-15H2,1-13H3. The van der Waals surface area contributed by atoms with Crippen molar-refractivity contribution in [1.29, 1.82) is 0 Å². The van der Waals surface area contributed by atoms with Crippen molar-refractivity contribution in [3.63, 3.8) is 0 Å². The SMILES string of the molecule is CSC(C)(CCC(C)(C)NNC(C)(C)C)c1cc(C(C)(C)C)cc(C(C)(C)C)c1. The molecule has 0 aromatic heterocycles. The second-order valence-corrected chi connectivity index (χ2v) is 13.9. The Kier molecular flexibility index (Phi) is 8.16. The summed E-state index contributed by atoms with van der Waals surface area (Å²) in [7, 11) is 0. The molecule has 0 aliphatic carbocycles. The van der Waals surface area contributed by atoms with E-state index in [9.17, 15) is 0 Å². The van der Waals surface area contributed by atoms with Gasteiger partial charge in [0.05, 0.1) is 0 Å². The molecule has 0 aliphatic heterocycles. The van der Waals surface area contributed by atoms with Gasteiger partial charge in [0.25, 0.3) is 0 Å². The van der Waals surface area contributed by atoms with Crippen molar-refractivity contribution in [2.75, 3.05) is 6.26 Å². The maximum Gasteiger partial charge on any atom is 0.0378 e. The van der Waals surface area contributed by atoms with E-state index in [2.05, 4.69) is 118 Å². The molecule has 0 saturated heterocycles. The quantitative estimate of drug-likeness (QED) is 0.452. The average Bonchev–Trinajstić information content (AvgIpc) is 2.55. The third-order valence-corrected chi connectivity index (χ3v) is 7.07. The Morgan fingerprint density at radius 2 is 1.03 bits per heavy atom. The molecule has 1 aromatic rings. The predicted molar refractivity (Wildman–Crippen MR) is 134 cm³/mol. The Hall–Kier alpha value is -0.510. The van der Waals surface area contributed by atoms with Gasteiger partial charge in [-0.05, 0) is 88.2 Å². The smallest absolute Gasteiger partial charge is 0.0378 e. The van der Waals surface area contributed by atoms with E-state index < -0.39 is 0 Å². The van der Waals surface area contributed by atoms with E-state index in [0.29, 0.717) is 0 Å². The van der Waals surface area contributed by atoms with Crippen LogP contribution in [0.5, 0.6) is 0 Å². The van der Waals surface area contributed by atoms with Gasteiger partial charge in [0, 0.05) is 15.8 Å². The van der Waals surface area contributed by atoms with Gasteiger partial charge in [-0.3, -0.25) is 10.9 Å².